The van der Waals surface area contributed by atoms with Crippen molar-refractivity contribution in [2.75, 3.05) is 31.3 Å². The average molecular weight is 594 g/mol. The van der Waals surface area contributed by atoms with Crippen molar-refractivity contribution >= 4 is 67.6 Å². The van der Waals surface area contributed by atoms with Gasteiger partial charge in [-0.15, -0.1) is 0 Å². The van der Waals surface area contributed by atoms with Crippen LogP contribution in [0.1, 0.15) is 13.8 Å². The molecule has 0 aliphatic rings. The van der Waals surface area contributed by atoms with Crippen LogP contribution in [0.4, 0.5) is 5.69 Å². The molecule has 200 valence electrons. The molecular formula is C26H26Cl2N4O4S2. The second-order valence-corrected chi connectivity index (χ2v) is 11.8. The molecule has 0 atom stereocenters. The molecule has 1 aromatic heterocycles. The first-order valence-electron chi connectivity index (χ1n) is 11.7. The van der Waals surface area contributed by atoms with Gasteiger partial charge in [0.2, 0.25) is 15.9 Å². The first-order valence-corrected chi connectivity index (χ1v) is 14.9. The number of ether oxygens (including phenoxy) is 1. The molecular weight excluding hydrogens is 567 g/mol. The van der Waals surface area contributed by atoms with Gasteiger partial charge in [-0.3, -0.25) is 9.36 Å². The summed E-state index contributed by atoms with van der Waals surface area (Å²) < 4.78 is 35.1. The fraction of sp³-hybridized carbons (Fsp3) is 0.231. The Hall–Kier alpha value is -2.76. The molecule has 0 fully saturated rings. The Bertz CT molecular complexity index is 1590. The lowest BCUT2D eigenvalue weighted by Gasteiger charge is -2.18. The summed E-state index contributed by atoms with van der Waals surface area (Å²) in [6.45, 7) is 4.32. The number of amides is 1. The summed E-state index contributed by atoms with van der Waals surface area (Å²) in [6, 6.07) is 17.1. The Balaban J connectivity index is 1.73. The van der Waals surface area contributed by atoms with Crippen LogP contribution in [0.15, 0.2) is 70.7 Å². The molecule has 0 aliphatic heterocycles. The van der Waals surface area contributed by atoms with Crippen molar-refractivity contribution in [3.8, 4) is 11.4 Å². The van der Waals surface area contributed by atoms with Crippen LogP contribution in [-0.2, 0) is 14.8 Å². The molecule has 1 heterocycles. The molecule has 0 saturated heterocycles. The third kappa shape index (κ3) is 5.79. The van der Waals surface area contributed by atoms with Crippen LogP contribution in [0.25, 0.3) is 16.7 Å². The number of nitrogens with zero attached hydrogens (tertiary/aromatic N) is 3. The summed E-state index contributed by atoms with van der Waals surface area (Å²) in [7, 11) is -2.10. The van der Waals surface area contributed by atoms with Gasteiger partial charge < -0.3 is 10.1 Å². The molecule has 0 unspecified atom stereocenters. The van der Waals surface area contributed by atoms with Crippen LogP contribution < -0.4 is 10.1 Å². The summed E-state index contributed by atoms with van der Waals surface area (Å²) >= 11 is 13.3. The highest BCUT2D eigenvalue weighted by Gasteiger charge is 2.24. The number of aromatic nitrogens is 2. The molecule has 0 bridgehead atoms. The highest BCUT2D eigenvalue weighted by molar-refractivity contribution is 7.99. The largest absolute Gasteiger partial charge is 0.495 e. The second-order valence-electron chi connectivity index (χ2n) is 8.10. The van der Waals surface area contributed by atoms with Gasteiger partial charge in [0.1, 0.15) is 5.75 Å². The maximum atomic E-state index is 13.1. The van der Waals surface area contributed by atoms with E-state index >= 15 is 0 Å². The van der Waals surface area contributed by atoms with Crippen LogP contribution in [-0.4, -0.2) is 54.1 Å². The van der Waals surface area contributed by atoms with Crippen molar-refractivity contribution in [2.45, 2.75) is 23.9 Å². The Kier molecular flexibility index (Phi) is 8.89. The highest BCUT2D eigenvalue weighted by atomic mass is 35.5. The van der Waals surface area contributed by atoms with Crippen molar-refractivity contribution in [1.82, 2.24) is 13.9 Å². The van der Waals surface area contributed by atoms with E-state index in [2.05, 4.69) is 5.32 Å². The number of imidazole rings is 1. The van der Waals surface area contributed by atoms with Gasteiger partial charge in [-0.1, -0.05) is 60.9 Å². The Morgan fingerprint density at radius 3 is 2.50 bits per heavy atom. The van der Waals surface area contributed by atoms with Gasteiger partial charge in [-0.25, -0.2) is 13.4 Å². The van der Waals surface area contributed by atoms with E-state index in [-0.39, 0.29) is 16.6 Å². The van der Waals surface area contributed by atoms with Crippen molar-refractivity contribution < 1.29 is 17.9 Å². The maximum absolute atomic E-state index is 13.1. The lowest BCUT2D eigenvalue weighted by Crippen LogP contribution is -2.30. The summed E-state index contributed by atoms with van der Waals surface area (Å²) in [4.78, 5) is 17.6. The fourth-order valence-corrected chi connectivity index (χ4v) is 6.72. The van der Waals surface area contributed by atoms with E-state index in [1.54, 1.807) is 57.4 Å². The number of hydrogen-bond acceptors (Lipinski definition) is 6. The van der Waals surface area contributed by atoms with Crippen LogP contribution in [0.3, 0.4) is 0 Å². The summed E-state index contributed by atoms with van der Waals surface area (Å²) in [6.07, 6.45) is 0. The predicted octanol–water partition coefficient (Wildman–Crippen LogP) is 6.10. The number of hydrogen-bond donors (Lipinski definition) is 1. The number of carbonyl (C=O) groups excluding carboxylic acids is 1. The summed E-state index contributed by atoms with van der Waals surface area (Å²) in [5, 5.41) is 4.08. The van der Waals surface area contributed by atoms with E-state index in [9.17, 15) is 13.2 Å². The fourth-order valence-electron chi connectivity index (χ4n) is 3.96. The highest BCUT2D eigenvalue weighted by Crippen LogP contribution is 2.34. The summed E-state index contributed by atoms with van der Waals surface area (Å²) in [5.41, 5.74) is 2.32. The Labute approximate surface area is 235 Å². The van der Waals surface area contributed by atoms with Crippen LogP contribution >= 0.6 is 35.0 Å². The number of halogens is 2. The number of carbonyl (C=O) groups is 1. The molecule has 8 nitrogen and oxygen atoms in total. The number of sulfonamides is 1. The third-order valence-corrected chi connectivity index (χ3v) is 9.33. The first kappa shape index (κ1) is 28.3. The van der Waals surface area contributed by atoms with Crippen molar-refractivity contribution in [3.63, 3.8) is 0 Å². The van der Waals surface area contributed by atoms with Gasteiger partial charge in [0, 0.05) is 18.1 Å². The number of methoxy groups -OCH3 is 1. The quantitative estimate of drug-likeness (QED) is 0.223. The number of anilines is 1. The first-order chi connectivity index (χ1) is 18.2. The molecule has 0 aliphatic carbocycles. The topological polar surface area (TPSA) is 93.5 Å². The van der Waals surface area contributed by atoms with E-state index in [4.69, 9.17) is 32.9 Å². The zero-order valence-corrected chi connectivity index (χ0v) is 24.1. The predicted molar refractivity (Wildman–Crippen MR) is 154 cm³/mol. The monoisotopic (exact) mass is 592 g/mol. The lowest BCUT2D eigenvalue weighted by molar-refractivity contribution is -0.113. The van der Waals surface area contributed by atoms with Gasteiger partial charge in [-0.05, 0) is 48.5 Å². The van der Waals surface area contributed by atoms with Gasteiger partial charge in [0.25, 0.3) is 0 Å². The molecule has 3 aromatic carbocycles. The smallest absolute Gasteiger partial charge is 0.243 e. The number of nitrogens with one attached hydrogen (secondary N) is 1. The molecule has 0 saturated carbocycles. The molecule has 1 amide bonds. The van der Waals surface area contributed by atoms with Crippen molar-refractivity contribution in [1.29, 1.82) is 0 Å². The van der Waals surface area contributed by atoms with E-state index < -0.39 is 10.0 Å². The van der Waals surface area contributed by atoms with Gasteiger partial charge in [0.05, 0.1) is 45.2 Å². The second kappa shape index (κ2) is 12.0. The number of rotatable bonds is 10. The van der Waals surface area contributed by atoms with Crippen LogP contribution in [0.2, 0.25) is 10.0 Å². The maximum Gasteiger partial charge on any atom is 0.243 e. The minimum absolute atomic E-state index is 0.0298. The molecule has 38 heavy (non-hydrogen) atoms. The minimum Gasteiger partial charge on any atom is -0.495 e. The zero-order chi connectivity index (χ0) is 27.4. The zero-order valence-electron chi connectivity index (χ0n) is 20.9. The average Bonchev–Trinajstić information content (AvgIpc) is 3.27. The van der Waals surface area contributed by atoms with Crippen LogP contribution in [0.5, 0.6) is 5.75 Å². The number of para-hydroxylation sites is 2. The molecule has 1 N–H and O–H groups in total. The molecule has 0 spiro atoms. The van der Waals surface area contributed by atoms with Gasteiger partial charge in [0.15, 0.2) is 5.16 Å². The Morgan fingerprint density at radius 1 is 1.08 bits per heavy atom. The van der Waals surface area contributed by atoms with E-state index in [0.29, 0.717) is 56.4 Å². The number of fused-ring (bicyclic) bond motifs is 1. The summed E-state index contributed by atoms with van der Waals surface area (Å²) in [5.74, 6) is 0.343. The van der Waals surface area contributed by atoms with E-state index in [1.165, 1.54) is 16.1 Å². The van der Waals surface area contributed by atoms with Gasteiger partial charge in [-0.2, -0.15) is 4.31 Å². The number of thioether (sulfide) groups is 1. The SMILES string of the molecule is CCN(CC)S(=O)(=O)c1ccc2c(c1)nc(SCC(=O)Nc1ccc(Cl)cc1Cl)n2-c1ccccc1OC. The normalized spacial score (nSPS) is 11.7. The minimum atomic E-state index is -3.67. The number of benzene rings is 3. The lowest BCUT2D eigenvalue weighted by atomic mass is 10.2. The molecule has 12 heteroatoms. The Morgan fingerprint density at radius 2 is 1.82 bits per heavy atom. The molecule has 0 radical (unpaired) electrons. The molecule has 4 aromatic rings. The third-order valence-electron chi connectivity index (χ3n) is 5.80. The van der Waals surface area contributed by atoms with Gasteiger partial charge >= 0.3 is 0 Å². The standard InChI is InChI=1S/C26H26Cl2N4O4S2/c1-4-31(5-2)38(34,35)18-11-13-22-21(15-18)30-26(32(22)23-8-6-7-9-24(23)36-3)37-16-25(33)29-20-12-10-17(27)14-19(20)28/h6-15H,4-5,16H2,1-3H3,(H,29,33). The van der Waals surface area contributed by atoms with Crippen molar-refractivity contribution in [3.05, 3.63) is 70.7 Å². The van der Waals surface area contributed by atoms with E-state index in [0.717, 1.165) is 0 Å². The molecule has 4 rings (SSSR count). The van der Waals surface area contributed by atoms with Crippen molar-refractivity contribution in [2.24, 2.45) is 0 Å². The van der Waals surface area contributed by atoms with Crippen LogP contribution in [0, 0.1) is 0 Å². The van der Waals surface area contributed by atoms with E-state index in [1.807, 2.05) is 28.8 Å².